The first-order chi connectivity index (χ1) is 3.77. The van der Waals surface area contributed by atoms with Crippen molar-refractivity contribution in [1.29, 1.82) is 0 Å². The van der Waals surface area contributed by atoms with Crippen molar-refractivity contribution < 1.29 is 9.13 Å². The highest BCUT2D eigenvalue weighted by molar-refractivity contribution is 9.11. The van der Waals surface area contributed by atoms with Crippen molar-refractivity contribution in [2.75, 3.05) is 6.61 Å². The van der Waals surface area contributed by atoms with Crippen LogP contribution in [-0.2, 0) is 4.74 Å². The molecule has 0 aromatic carbocycles. The molecule has 0 aromatic heterocycles. The smallest absolute Gasteiger partial charge is 0.165 e. The molecule has 0 aromatic rings. The summed E-state index contributed by atoms with van der Waals surface area (Å²) in [5.74, 6) is 0. The monoisotopic (exact) mass is 180 g/mol. The molecule has 1 nitrogen and oxygen atoms in total. The number of hydrogen-bond acceptors (Lipinski definition) is 1. The number of halogens is 2. The summed E-state index contributed by atoms with van der Waals surface area (Å²) in [6, 6.07) is 0. The van der Waals surface area contributed by atoms with E-state index in [2.05, 4.69) is 27.2 Å². The third kappa shape index (κ3) is 5.69. The molecule has 46 valence electrons. The van der Waals surface area contributed by atoms with Gasteiger partial charge < -0.3 is 4.74 Å². The summed E-state index contributed by atoms with van der Waals surface area (Å²) in [5, 5.41) is 0. The van der Waals surface area contributed by atoms with E-state index in [-0.39, 0.29) is 6.61 Å². The average molecular weight is 181 g/mol. The van der Waals surface area contributed by atoms with Gasteiger partial charge in [-0.2, -0.15) is 4.39 Å². The molecule has 0 heterocycles. The molecule has 0 fully saturated rings. The zero-order valence-electron chi connectivity index (χ0n) is 4.23. The van der Waals surface area contributed by atoms with E-state index in [1.165, 1.54) is 12.3 Å². The maximum atomic E-state index is 11.7. The first-order valence-corrected chi connectivity index (χ1v) is 2.80. The topological polar surface area (TPSA) is 9.23 Å². The predicted molar refractivity (Wildman–Crippen MR) is 34.3 cm³/mol. The molecule has 0 spiro atoms. The zero-order valence-corrected chi connectivity index (χ0v) is 5.82. The molecule has 0 bridgehead atoms. The Hall–Kier alpha value is -0.310. The Balaban J connectivity index is 3.15. The summed E-state index contributed by atoms with van der Waals surface area (Å²) < 4.78 is 15.8. The van der Waals surface area contributed by atoms with Gasteiger partial charge in [-0.15, -0.1) is 0 Å². The maximum Gasteiger partial charge on any atom is 0.165 e. The molecular formula is C5H6BrFO. The van der Waals surface area contributed by atoms with Gasteiger partial charge in [0.25, 0.3) is 0 Å². The Morgan fingerprint density at radius 3 is 2.88 bits per heavy atom. The Labute approximate surface area is 56.0 Å². The van der Waals surface area contributed by atoms with Gasteiger partial charge in [-0.1, -0.05) is 6.58 Å². The largest absolute Gasteiger partial charge is 0.498 e. The highest BCUT2D eigenvalue weighted by atomic mass is 79.9. The molecule has 0 aliphatic carbocycles. The van der Waals surface area contributed by atoms with Gasteiger partial charge in [0, 0.05) is 0 Å². The molecular weight excluding hydrogens is 175 g/mol. The normalized spacial score (nSPS) is 11.0. The van der Waals surface area contributed by atoms with Gasteiger partial charge in [0.2, 0.25) is 0 Å². The highest BCUT2D eigenvalue weighted by Crippen LogP contribution is 2.03. The first kappa shape index (κ1) is 7.69. The van der Waals surface area contributed by atoms with Gasteiger partial charge in [-0.25, -0.2) is 0 Å². The second-order valence-corrected chi connectivity index (χ2v) is 1.75. The van der Waals surface area contributed by atoms with E-state index < -0.39 is 4.74 Å². The van der Waals surface area contributed by atoms with E-state index >= 15 is 0 Å². The second-order valence-electron chi connectivity index (χ2n) is 0.994. The van der Waals surface area contributed by atoms with Crippen LogP contribution < -0.4 is 0 Å². The molecule has 0 unspecified atom stereocenters. The fraction of sp³-hybridized carbons (Fsp3) is 0.200. The minimum Gasteiger partial charge on any atom is -0.498 e. The summed E-state index contributed by atoms with van der Waals surface area (Å²) >= 11 is 2.58. The molecule has 0 N–H and O–H groups in total. The lowest BCUT2D eigenvalue weighted by Gasteiger charge is -1.89. The van der Waals surface area contributed by atoms with Crippen LogP contribution in [0.3, 0.4) is 0 Å². The van der Waals surface area contributed by atoms with E-state index in [4.69, 9.17) is 0 Å². The van der Waals surface area contributed by atoms with Crippen molar-refractivity contribution in [3.8, 4) is 0 Å². The lowest BCUT2D eigenvalue weighted by molar-refractivity contribution is 0.289. The van der Waals surface area contributed by atoms with E-state index in [0.29, 0.717) is 0 Å². The van der Waals surface area contributed by atoms with Gasteiger partial charge in [-0.3, -0.25) is 0 Å². The molecule has 3 heteroatoms. The summed E-state index contributed by atoms with van der Waals surface area (Å²) in [4.78, 5) is 0. The van der Waals surface area contributed by atoms with Crippen molar-refractivity contribution in [1.82, 2.24) is 0 Å². The van der Waals surface area contributed by atoms with Gasteiger partial charge in [-0.05, 0) is 22.0 Å². The quantitative estimate of drug-likeness (QED) is 0.479. The molecule has 0 saturated heterocycles. The third-order valence-corrected chi connectivity index (χ3v) is 0.775. The Kier molecular flexibility index (Phi) is 4.65. The molecule has 0 radical (unpaired) electrons. The van der Waals surface area contributed by atoms with Crippen LogP contribution in [0.25, 0.3) is 0 Å². The van der Waals surface area contributed by atoms with E-state index in [0.717, 1.165) is 0 Å². The standard InChI is InChI=1S/C5H6BrFO/c1-2-8-4-3-5(6)7/h2-3H,1,4H2. The molecule has 0 atom stereocenters. The van der Waals surface area contributed by atoms with Crippen LogP contribution in [0.1, 0.15) is 0 Å². The number of rotatable bonds is 3. The molecule has 8 heavy (non-hydrogen) atoms. The molecule has 0 aliphatic heterocycles. The average Bonchev–Trinajstić information content (AvgIpc) is 1.66. The minimum absolute atomic E-state index is 0.223. The molecule has 0 saturated carbocycles. The van der Waals surface area contributed by atoms with Crippen molar-refractivity contribution in [3.05, 3.63) is 23.7 Å². The Bertz CT molecular complexity index is 96.6. The predicted octanol–water partition coefficient (Wildman–Crippen LogP) is 2.35. The van der Waals surface area contributed by atoms with Crippen molar-refractivity contribution >= 4 is 15.9 Å². The lowest BCUT2D eigenvalue weighted by atomic mass is 10.7. The lowest BCUT2D eigenvalue weighted by Crippen LogP contribution is -1.78. The van der Waals surface area contributed by atoms with Crippen LogP contribution in [0.2, 0.25) is 0 Å². The summed E-state index contributed by atoms with van der Waals surface area (Å²) in [6.07, 6.45) is 2.51. The van der Waals surface area contributed by atoms with E-state index in [1.54, 1.807) is 0 Å². The summed E-state index contributed by atoms with van der Waals surface area (Å²) in [5.41, 5.74) is 0. The number of ether oxygens (including phenoxy) is 1. The molecule has 0 amide bonds. The summed E-state index contributed by atoms with van der Waals surface area (Å²) in [7, 11) is 0. The fourth-order valence-electron chi connectivity index (χ4n) is 0.179. The van der Waals surface area contributed by atoms with Crippen molar-refractivity contribution in [3.63, 3.8) is 0 Å². The molecule has 0 aliphatic rings. The van der Waals surface area contributed by atoms with Crippen LogP contribution >= 0.6 is 15.9 Å². The number of hydrogen-bond donors (Lipinski definition) is 0. The maximum absolute atomic E-state index is 11.7. The van der Waals surface area contributed by atoms with Crippen LogP contribution in [0.5, 0.6) is 0 Å². The van der Waals surface area contributed by atoms with Crippen LogP contribution in [0, 0.1) is 0 Å². The van der Waals surface area contributed by atoms with Crippen molar-refractivity contribution in [2.45, 2.75) is 0 Å². The van der Waals surface area contributed by atoms with Gasteiger partial charge in [0.05, 0.1) is 6.26 Å². The zero-order chi connectivity index (χ0) is 6.41. The minimum atomic E-state index is -0.417. The third-order valence-electron chi connectivity index (χ3n) is 0.452. The van der Waals surface area contributed by atoms with Gasteiger partial charge in [0.15, 0.2) is 4.74 Å². The SMILES string of the molecule is C=COCC=C(F)Br. The van der Waals surface area contributed by atoms with Crippen LogP contribution in [0.4, 0.5) is 4.39 Å². The van der Waals surface area contributed by atoms with Crippen LogP contribution in [0.15, 0.2) is 23.7 Å². The second kappa shape index (κ2) is 4.84. The van der Waals surface area contributed by atoms with Crippen molar-refractivity contribution in [2.24, 2.45) is 0 Å². The van der Waals surface area contributed by atoms with Gasteiger partial charge >= 0.3 is 0 Å². The van der Waals surface area contributed by atoms with Crippen LogP contribution in [-0.4, -0.2) is 6.61 Å². The highest BCUT2D eigenvalue weighted by Gasteiger charge is 1.80. The van der Waals surface area contributed by atoms with Gasteiger partial charge in [0.1, 0.15) is 6.61 Å². The fourth-order valence-corrected chi connectivity index (χ4v) is 0.311. The first-order valence-electron chi connectivity index (χ1n) is 2.01. The Morgan fingerprint density at radius 1 is 1.88 bits per heavy atom. The Morgan fingerprint density at radius 2 is 2.50 bits per heavy atom. The van der Waals surface area contributed by atoms with E-state index in [9.17, 15) is 4.39 Å². The summed E-state index contributed by atoms with van der Waals surface area (Å²) in [6.45, 7) is 3.49. The van der Waals surface area contributed by atoms with E-state index in [1.807, 2.05) is 0 Å². The molecule has 0 rings (SSSR count).